The number of para-hydroxylation sites is 1. The molecule has 0 N–H and O–H groups in total. The van der Waals surface area contributed by atoms with Crippen molar-refractivity contribution in [1.29, 1.82) is 0 Å². The summed E-state index contributed by atoms with van der Waals surface area (Å²) >= 11 is 0. The van der Waals surface area contributed by atoms with Crippen LogP contribution in [0.3, 0.4) is 0 Å². The van der Waals surface area contributed by atoms with Crippen LogP contribution in [0, 0.1) is 0 Å². The molecule has 0 amide bonds. The molecule has 0 saturated heterocycles. The Bertz CT molecular complexity index is 791. The van der Waals surface area contributed by atoms with Gasteiger partial charge in [0.25, 0.3) is 0 Å². The highest BCUT2D eigenvalue weighted by molar-refractivity contribution is 5.43. The average molecular weight is 381 g/mol. The van der Waals surface area contributed by atoms with Crippen LogP contribution in [-0.4, -0.2) is 35.7 Å². The number of unbranched alkanes of at least 4 members (excludes halogenated alkanes) is 1. The largest absolute Gasteiger partial charge is 0.492 e. The van der Waals surface area contributed by atoms with Crippen LogP contribution in [0.15, 0.2) is 30.3 Å². The van der Waals surface area contributed by atoms with E-state index in [-0.39, 0.29) is 0 Å². The molecule has 150 valence electrons. The number of nitrogens with zero attached hydrogens (tertiary/aromatic N) is 2. The van der Waals surface area contributed by atoms with Gasteiger partial charge in [0, 0.05) is 43.9 Å². The maximum absolute atomic E-state index is 6.03. The number of pyridine rings is 1. The molecule has 0 aliphatic carbocycles. The van der Waals surface area contributed by atoms with Crippen molar-refractivity contribution in [3.05, 3.63) is 58.4 Å². The van der Waals surface area contributed by atoms with Crippen molar-refractivity contribution in [1.82, 2.24) is 9.88 Å². The van der Waals surface area contributed by atoms with Crippen molar-refractivity contribution in [2.45, 2.75) is 65.2 Å². The number of rotatable bonds is 7. The van der Waals surface area contributed by atoms with Crippen molar-refractivity contribution in [3.63, 3.8) is 0 Å². The van der Waals surface area contributed by atoms with E-state index in [2.05, 4.69) is 18.7 Å². The first kappa shape index (κ1) is 19.4. The van der Waals surface area contributed by atoms with E-state index in [1.54, 1.807) is 0 Å². The quantitative estimate of drug-likeness (QED) is 0.716. The van der Waals surface area contributed by atoms with Crippen LogP contribution in [0.1, 0.15) is 54.8 Å². The van der Waals surface area contributed by atoms with Crippen molar-refractivity contribution in [2.75, 3.05) is 19.7 Å². The van der Waals surface area contributed by atoms with Crippen LogP contribution in [0.5, 0.6) is 5.75 Å². The lowest BCUT2D eigenvalue weighted by Gasteiger charge is -2.34. The third kappa shape index (κ3) is 4.39. The molecule has 4 rings (SSSR count). The first-order valence-electron chi connectivity index (χ1n) is 10.8. The maximum atomic E-state index is 6.03. The second-order valence-corrected chi connectivity index (χ2v) is 8.06. The topological polar surface area (TPSA) is 34.6 Å². The normalized spacial score (nSPS) is 19.1. The van der Waals surface area contributed by atoms with Crippen molar-refractivity contribution < 1.29 is 9.47 Å². The van der Waals surface area contributed by atoms with E-state index < -0.39 is 0 Å². The van der Waals surface area contributed by atoms with Crippen LogP contribution in [0.2, 0.25) is 0 Å². The molecule has 1 atom stereocenters. The molecule has 3 heterocycles. The van der Waals surface area contributed by atoms with Crippen molar-refractivity contribution >= 4 is 0 Å². The Morgan fingerprint density at radius 1 is 1.18 bits per heavy atom. The highest BCUT2D eigenvalue weighted by atomic mass is 16.5. The van der Waals surface area contributed by atoms with E-state index in [1.165, 1.54) is 40.9 Å². The molecule has 0 radical (unpaired) electrons. The monoisotopic (exact) mass is 380 g/mol. The minimum atomic E-state index is 0.298. The summed E-state index contributed by atoms with van der Waals surface area (Å²) in [6.07, 6.45) is 5.87. The van der Waals surface area contributed by atoms with Crippen LogP contribution in [0.25, 0.3) is 0 Å². The lowest BCUT2D eigenvalue weighted by molar-refractivity contribution is 0.0390. The number of ether oxygens (including phenoxy) is 2. The summed E-state index contributed by atoms with van der Waals surface area (Å²) in [6, 6.07) is 10.1. The third-order valence-electron chi connectivity index (χ3n) is 5.93. The zero-order valence-corrected chi connectivity index (χ0v) is 17.2. The number of hydrogen-bond donors (Lipinski definition) is 0. The summed E-state index contributed by atoms with van der Waals surface area (Å²) in [6.45, 7) is 8.87. The molecule has 2 aliphatic heterocycles. The Morgan fingerprint density at radius 3 is 2.86 bits per heavy atom. The number of benzene rings is 1. The van der Waals surface area contributed by atoms with E-state index in [1.807, 2.05) is 30.3 Å². The van der Waals surface area contributed by atoms with Gasteiger partial charge in [-0.05, 0) is 48.6 Å². The molecule has 0 fully saturated rings. The molecule has 4 heteroatoms. The number of aromatic nitrogens is 1. The Kier molecular flexibility index (Phi) is 6.28. The fraction of sp³-hybridized carbons (Fsp3) is 0.542. The van der Waals surface area contributed by atoms with E-state index in [9.17, 15) is 0 Å². The highest BCUT2D eigenvalue weighted by Crippen LogP contribution is 2.32. The van der Waals surface area contributed by atoms with Gasteiger partial charge < -0.3 is 9.47 Å². The SMILES string of the molecule is CCCCc1nc2c(c3c1C[C@H](C)OC3)CN(CCOc1ccccc1)CC2. The van der Waals surface area contributed by atoms with Gasteiger partial charge in [0.1, 0.15) is 12.4 Å². The second kappa shape index (κ2) is 9.06. The van der Waals surface area contributed by atoms with Gasteiger partial charge in [-0.15, -0.1) is 0 Å². The van der Waals surface area contributed by atoms with Gasteiger partial charge in [0.05, 0.1) is 12.7 Å². The Hall–Kier alpha value is -1.91. The second-order valence-electron chi connectivity index (χ2n) is 8.06. The lowest BCUT2D eigenvalue weighted by Crippen LogP contribution is -2.36. The van der Waals surface area contributed by atoms with E-state index >= 15 is 0 Å². The first-order chi connectivity index (χ1) is 13.7. The lowest BCUT2D eigenvalue weighted by atomic mass is 9.89. The maximum Gasteiger partial charge on any atom is 0.119 e. The summed E-state index contributed by atoms with van der Waals surface area (Å²) in [4.78, 5) is 7.64. The van der Waals surface area contributed by atoms with Crippen molar-refractivity contribution in [2.24, 2.45) is 0 Å². The molecule has 1 aromatic heterocycles. The summed E-state index contributed by atoms with van der Waals surface area (Å²) in [5, 5.41) is 0. The van der Waals surface area contributed by atoms with Crippen LogP contribution in [0.4, 0.5) is 0 Å². The molecule has 0 unspecified atom stereocenters. The summed E-state index contributed by atoms with van der Waals surface area (Å²) in [5.41, 5.74) is 6.99. The van der Waals surface area contributed by atoms with Gasteiger partial charge in [-0.3, -0.25) is 9.88 Å². The molecule has 2 aromatic rings. The molecule has 0 spiro atoms. The minimum Gasteiger partial charge on any atom is -0.492 e. The van der Waals surface area contributed by atoms with E-state index in [0.29, 0.717) is 6.10 Å². The zero-order valence-electron chi connectivity index (χ0n) is 17.2. The molecule has 2 aliphatic rings. The number of aryl methyl sites for hydroxylation is 1. The van der Waals surface area contributed by atoms with Gasteiger partial charge in [0.2, 0.25) is 0 Å². The molecule has 0 saturated carbocycles. The van der Waals surface area contributed by atoms with Crippen LogP contribution in [-0.2, 0) is 37.2 Å². The Labute approximate surface area is 168 Å². The molecule has 4 nitrogen and oxygen atoms in total. The van der Waals surface area contributed by atoms with Crippen molar-refractivity contribution in [3.8, 4) is 5.75 Å². The molecule has 1 aromatic carbocycles. The smallest absolute Gasteiger partial charge is 0.119 e. The van der Waals surface area contributed by atoms with Crippen LogP contribution < -0.4 is 4.74 Å². The Balaban J connectivity index is 1.47. The summed E-state index contributed by atoms with van der Waals surface area (Å²) in [5.74, 6) is 0.946. The number of fused-ring (bicyclic) bond motifs is 3. The predicted octanol–water partition coefficient (Wildman–Crippen LogP) is 4.32. The standard InChI is InChI=1S/C24H32N2O2/c1-3-4-10-23-20-15-18(2)28-17-22(20)21-16-26(12-11-24(21)25-23)13-14-27-19-8-6-5-7-9-19/h5-9,18H,3-4,10-17H2,1-2H3/t18-/m0/s1. The fourth-order valence-corrected chi connectivity index (χ4v) is 4.33. The Morgan fingerprint density at radius 2 is 2.04 bits per heavy atom. The van der Waals surface area contributed by atoms with Gasteiger partial charge in [0.15, 0.2) is 0 Å². The fourth-order valence-electron chi connectivity index (χ4n) is 4.33. The van der Waals surface area contributed by atoms with E-state index in [0.717, 1.165) is 57.9 Å². The van der Waals surface area contributed by atoms with Gasteiger partial charge in [-0.25, -0.2) is 0 Å². The van der Waals surface area contributed by atoms with Crippen LogP contribution >= 0.6 is 0 Å². The van der Waals surface area contributed by atoms with E-state index in [4.69, 9.17) is 14.5 Å². The number of hydrogen-bond acceptors (Lipinski definition) is 4. The minimum absolute atomic E-state index is 0.298. The highest BCUT2D eigenvalue weighted by Gasteiger charge is 2.28. The zero-order chi connectivity index (χ0) is 19.3. The summed E-state index contributed by atoms with van der Waals surface area (Å²) in [7, 11) is 0. The van der Waals surface area contributed by atoms with Gasteiger partial charge >= 0.3 is 0 Å². The molecular formula is C24H32N2O2. The summed E-state index contributed by atoms with van der Waals surface area (Å²) < 4.78 is 11.9. The molecule has 0 bridgehead atoms. The first-order valence-corrected chi connectivity index (χ1v) is 10.8. The molecule has 28 heavy (non-hydrogen) atoms. The molecular weight excluding hydrogens is 348 g/mol. The third-order valence-corrected chi connectivity index (χ3v) is 5.93. The van der Waals surface area contributed by atoms with Gasteiger partial charge in [-0.2, -0.15) is 0 Å². The van der Waals surface area contributed by atoms with Gasteiger partial charge in [-0.1, -0.05) is 31.5 Å². The predicted molar refractivity (Wildman–Crippen MR) is 112 cm³/mol. The average Bonchev–Trinajstić information content (AvgIpc) is 2.73.